The summed E-state index contributed by atoms with van der Waals surface area (Å²) in [5, 5.41) is 19.1. The third-order valence-corrected chi connectivity index (χ3v) is 3.68. The lowest BCUT2D eigenvalue weighted by Crippen LogP contribution is -2.12. The van der Waals surface area contributed by atoms with Crippen molar-refractivity contribution in [2.24, 2.45) is 0 Å². The number of halogens is 2. The lowest BCUT2D eigenvalue weighted by Gasteiger charge is -2.05. The smallest absolute Gasteiger partial charge is 0.269 e. The Kier molecular flexibility index (Phi) is 3.82. The fourth-order valence-corrected chi connectivity index (χ4v) is 2.16. The Hall–Kier alpha value is -2.38. The molecule has 1 heterocycles. The number of benzene rings is 2. The molecular weight excluding hydrogens is 331 g/mol. The maximum Gasteiger partial charge on any atom is 0.269 e. The molecule has 0 bridgehead atoms. The molecule has 22 heavy (non-hydrogen) atoms. The predicted octanol–water partition coefficient (Wildman–Crippen LogP) is 3.28. The first-order valence-corrected chi connectivity index (χ1v) is 6.87. The number of hydrogen-bond acceptors (Lipinski definition) is 5. The average Bonchev–Trinajstić information content (AvgIpc) is 2.88. The van der Waals surface area contributed by atoms with Crippen molar-refractivity contribution in [3.05, 3.63) is 62.1 Å². The van der Waals surface area contributed by atoms with Crippen LogP contribution in [0.25, 0.3) is 11.0 Å². The number of hydrogen-bond donors (Lipinski definition) is 0. The van der Waals surface area contributed by atoms with Gasteiger partial charge in [-0.25, -0.2) is 0 Å². The third-order valence-electron chi connectivity index (χ3n) is 2.96. The zero-order valence-electron chi connectivity index (χ0n) is 10.9. The second-order valence-corrected chi connectivity index (χ2v) is 5.23. The summed E-state index contributed by atoms with van der Waals surface area (Å²) in [5.74, 6) is 0. The van der Waals surface area contributed by atoms with Gasteiger partial charge in [-0.15, -0.1) is 5.10 Å². The fraction of sp³-hybridized carbons (Fsp3) is 0.0769. The SMILES string of the molecule is O=[N+]([O-])c1ccc(COn2nnc3cc(Cl)c(Cl)cc32)cc1. The second-order valence-electron chi connectivity index (χ2n) is 4.41. The van der Waals surface area contributed by atoms with Gasteiger partial charge in [-0.2, -0.15) is 0 Å². The number of rotatable bonds is 4. The molecule has 0 aliphatic heterocycles. The molecule has 2 aromatic carbocycles. The van der Waals surface area contributed by atoms with Crippen LogP contribution in [0.2, 0.25) is 10.0 Å². The topological polar surface area (TPSA) is 83.1 Å². The molecule has 0 aliphatic rings. The summed E-state index contributed by atoms with van der Waals surface area (Å²) in [6, 6.07) is 9.25. The van der Waals surface area contributed by atoms with Crippen molar-refractivity contribution in [3.63, 3.8) is 0 Å². The van der Waals surface area contributed by atoms with E-state index in [4.69, 9.17) is 28.0 Å². The fourth-order valence-electron chi connectivity index (χ4n) is 1.84. The van der Waals surface area contributed by atoms with Gasteiger partial charge in [0.1, 0.15) is 17.6 Å². The Balaban J connectivity index is 1.79. The maximum atomic E-state index is 10.6. The van der Waals surface area contributed by atoms with Gasteiger partial charge in [-0.1, -0.05) is 28.0 Å². The Labute approximate surface area is 134 Å². The summed E-state index contributed by atoms with van der Waals surface area (Å²) in [4.78, 5) is 16.9. The Bertz CT molecular complexity index is 848. The number of nitro groups is 1. The van der Waals surface area contributed by atoms with Gasteiger partial charge in [0, 0.05) is 12.1 Å². The molecular formula is C13H8Cl2N4O3. The predicted molar refractivity (Wildman–Crippen MR) is 80.9 cm³/mol. The van der Waals surface area contributed by atoms with E-state index < -0.39 is 4.92 Å². The molecule has 3 rings (SSSR count). The van der Waals surface area contributed by atoms with Crippen LogP contribution in [0.15, 0.2) is 36.4 Å². The van der Waals surface area contributed by atoms with Gasteiger partial charge in [-0.3, -0.25) is 10.1 Å². The molecule has 112 valence electrons. The molecule has 7 nitrogen and oxygen atoms in total. The normalized spacial score (nSPS) is 10.8. The van der Waals surface area contributed by atoms with Crippen LogP contribution in [0.5, 0.6) is 0 Å². The lowest BCUT2D eigenvalue weighted by atomic mass is 10.2. The number of nitro benzene ring substituents is 1. The van der Waals surface area contributed by atoms with E-state index in [2.05, 4.69) is 10.3 Å². The molecule has 0 saturated heterocycles. The zero-order chi connectivity index (χ0) is 15.7. The maximum absolute atomic E-state index is 10.6. The summed E-state index contributed by atoms with van der Waals surface area (Å²) < 4.78 is 0. The van der Waals surface area contributed by atoms with Crippen LogP contribution >= 0.6 is 23.2 Å². The van der Waals surface area contributed by atoms with E-state index in [-0.39, 0.29) is 12.3 Å². The number of non-ortho nitro benzene ring substituents is 1. The zero-order valence-corrected chi connectivity index (χ0v) is 12.5. The summed E-state index contributed by atoms with van der Waals surface area (Å²) in [7, 11) is 0. The van der Waals surface area contributed by atoms with Crippen molar-refractivity contribution in [1.82, 2.24) is 15.2 Å². The highest BCUT2D eigenvalue weighted by Crippen LogP contribution is 2.26. The highest BCUT2D eigenvalue weighted by molar-refractivity contribution is 6.42. The van der Waals surface area contributed by atoms with E-state index in [0.717, 1.165) is 5.56 Å². The van der Waals surface area contributed by atoms with E-state index in [1.807, 2.05) is 0 Å². The Morgan fingerprint density at radius 3 is 2.55 bits per heavy atom. The molecule has 0 amide bonds. The Morgan fingerprint density at radius 1 is 1.18 bits per heavy atom. The van der Waals surface area contributed by atoms with Gasteiger partial charge >= 0.3 is 0 Å². The number of nitrogens with zero attached hydrogens (tertiary/aromatic N) is 4. The molecule has 3 aromatic rings. The number of fused-ring (bicyclic) bond motifs is 1. The molecule has 9 heteroatoms. The van der Waals surface area contributed by atoms with Crippen molar-refractivity contribution < 1.29 is 9.76 Å². The van der Waals surface area contributed by atoms with E-state index >= 15 is 0 Å². The van der Waals surface area contributed by atoms with Crippen LogP contribution in [0.1, 0.15) is 5.56 Å². The highest BCUT2D eigenvalue weighted by atomic mass is 35.5. The molecule has 0 N–H and O–H groups in total. The van der Waals surface area contributed by atoms with Crippen molar-refractivity contribution >= 4 is 39.9 Å². The standard InChI is InChI=1S/C13H8Cl2N4O3/c14-10-5-12-13(6-11(10)15)18(17-16-12)22-7-8-1-3-9(4-2-8)19(20)21/h1-6H,7H2. The summed E-state index contributed by atoms with van der Waals surface area (Å²) >= 11 is 11.9. The van der Waals surface area contributed by atoms with Crippen molar-refractivity contribution in [1.29, 1.82) is 0 Å². The molecule has 1 aromatic heterocycles. The Morgan fingerprint density at radius 2 is 1.86 bits per heavy atom. The first kappa shape index (κ1) is 14.6. The van der Waals surface area contributed by atoms with E-state index in [1.165, 1.54) is 17.0 Å². The average molecular weight is 339 g/mol. The first-order valence-electron chi connectivity index (χ1n) is 6.11. The van der Waals surface area contributed by atoms with Crippen LogP contribution in [0.4, 0.5) is 5.69 Å². The molecule has 0 radical (unpaired) electrons. The minimum atomic E-state index is -0.457. The largest absolute Gasteiger partial charge is 0.390 e. The summed E-state index contributed by atoms with van der Waals surface area (Å²) in [6.45, 7) is 0.177. The number of aromatic nitrogens is 3. The van der Waals surface area contributed by atoms with E-state index in [9.17, 15) is 10.1 Å². The van der Waals surface area contributed by atoms with Crippen LogP contribution in [-0.4, -0.2) is 20.1 Å². The van der Waals surface area contributed by atoms with Gasteiger partial charge in [0.2, 0.25) is 0 Å². The van der Waals surface area contributed by atoms with Crippen LogP contribution < -0.4 is 4.84 Å². The van der Waals surface area contributed by atoms with Crippen LogP contribution in [0, 0.1) is 10.1 Å². The quantitative estimate of drug-likeness (QED) is 0.538. The minimum Gasteiger partial charge on any atom is -0.390 e. The summed E-state index contributed by atoms with van der Waals surface area (Å²) in [5.41, 5.74) is 1.92. The second kappa shape index (κ2) is 5.78. The van der Waals surface area contributed by atoms with Crippen LogP contribution in [-0.2, 0) is 6.61 Å². The van der Waals surface area contributed by atoms with Gasteiger partial charge < -0.3 is 4.84 Å². The van der Waals surface area contributed by atoms with Crippen molar-refractivity contribution in [3.8, 4) is 0 Å². The lowest BCUT2D eigenvalue weighted by molar-refractivity contribution is -0.384. The molecule has 0 spiro atoms. The minimum absolute atomic E-state index is 0.0244. The van der Waals surface area contributed by atoms with Gasteiger partial charge in [-0.05, 0) is 35.0 Å². The molecule has 0 unspecified atom stereocenters. The van der Waals surface area contributed by atoms with Crippen molar-refractivity contribution in [2.45, 2.75) is 6.61 Å². The molecule has 0 fully saturated rings. The molecule has 0 saturated carbocycles. The first-order chi connectivity index (χ1) is 10.5. The van der Waals surface area contributed by atoms with E-state index in [1.54, 1.807) is 24.3 Å². The third kappa shape index (κ3) is 2.81. The van der Waals surface area contributed by atoms with Gasteiger partial charge in [0.05, 0.1) is 15.0 Å². The van der Waals surface area contributed by atoms with Crippen LogP contribution in [0.3, 0.4) is 0 Å². The summed E-state index contributed by atoms with van der Waals surface area (Å²) in [6.07, 6.45) is 0. The monoisotopic (exact) mass is 338 g/mol. The van der Waals surface area contributed by atoms with Crippen molar-refractivity contribution in [2.75, 3.05) is 0 Å². The van der Waals surface area contributed by atoms with Gasteiger partial charge in [0.15, 0.2) is 0 Å². The van der Waals surface area contributed by atoms with E-state index in [0.29, 0.717) is 21.1 Å². The molecule has 0 aliphatic carbocycles. The highest BCUT2D eigenvalue weighted by Gasteiger charge is 2.10. The van der Waals surface area contributed by atoms with Gasteiger partial charge in [0.25, 0.3) is 5.69 Å². The molecule has 0 atom stereocenters.